The molecule has 2 aliphatic rings. The summed E-state index contributed by atoms with van der Waals surface area (Å²) in [6.45, 7) is 0.375. The van der Waals surface area contributed by atoms with E-state index in [4.69, 9.17) is 28.4 Å². The lowest BCUT2D eigenvalue weighted by Crippen LogP contribution is -2.22. The van der Waals surface area contributed by atoms with Crippen LogP contribution in [0.5, 0.6) is 34.5 Å². The third-order valence-corrected chi connectivity index (χ3v) is 7.59. The maximum absolute atomic E-state index is 13.4. The van der Waals surface area contributed by atoms with Gasteiger partial charge in [-0.25, -0.2) is 0 Å². The molecular weight excluding hydrogens is 548 g/mol. The molecule has 0 fully saturated rings. The molecule has 0 N–H and O–H groups in total. The fraction of sp³-hybridized carbons (Fsp3) is 0.200. The first kappa shape index (κ1) is 27.9. The van der Waals surface area contributed by atoms with Crippen molar-refractivity contribution >= 4 is 17.8 Å². The second-order valence-corrected chi connectivity index (χ2v) is 10.1. The van der Waals surface area contributed by atoms with E-state index in [-0.39, 0.29) is 23.9 Å². The second kappa shape index (κ2) is 11.9. The first-order valence-corrected chi connectivity index (χ1v) is 13.9. The molecule has 2 aliphatic heterocycles. The van der Waals surface area contributed by atoms with Gasteiger partial charge in [0.15, 0.2) is 17.3 Å². The van der Waals surface area contributed by atoms with Gasteiger partial charge in [0.05, 0.1) is 39.9 Å². The Morgan fingerprint density at radius 2 is 1.53 bits per heavy atom. The fourth-order valence-electron chi connectivity index (χ4n) is 5.41. The van der Waals surface area contributed by atoms with Gasteiger partial charge in [0, 0.05) is 23.5 Å². The fourth-order valence-corrected chi connectivity index (χ4v) is 5.41. The van der Waals surface area contributed by atoms with Gasteiger partial charge in [0.1, 0.15) is 23.0 Å². The molecule has 43 heavy (non-hydrogen) atoms. The third kappa shape index (κ3) is 5.51. The third-order valence-electron chi connectivity index (χ3n) is 7.59. The predicted octanol–water partition coefficient (Wildman–Crippen LogP) is 6.39. The van der Waals surface area contributed by atoms with Crippen LogP contribution in [0.3, 0.4) is 0 Å². The zero-order valence-corrected chi connectivity index (χ0v) is 24.0. The smallest absolute Gasteiger partial charge is 0.312 e. The zero-order valence-electron chi connectivity index (χ0n) is 24.0. The lowest BCUT2D eigenvalue weighted by Gasteiger charge is -2.28. The number of esters is 1. The van der Waals surface area contributed by atoms with Gasteiger partial charge >= 0.3 is 5.97 Å². The molecule has 2 heterocycles. The summed E-state index contributed by atoms with van der Waals surface area (Å²) < 4.78 is 34.4. The van der Waals surface area contributed by atoms with E-state index in [1.54, 1.807) is 39.5 Å². The van der Waals surface area contributed by atoms with Crippen molar-refractivity contribution in [3.05, 3.63) is 112 Å². The van der Waals surface area contributed by atoms with Gasteiger partial charge in [-0.15, -0.1) is 0 Å². The van der Waals surface area contributed by atoms with Crippen LogP contribution in [0, 0.1) is 0 Å². The summed E-state index contributed by atoms with van der Waals surface area (Å²) in [6, 6.07) is 24.0. The van der Waals surface area contributed by atoms with Crippen LogP contribution in [0.1, 0.15) is 45.0 Å². The number of rotatable bonds is 9. The SMILES string of the molecule is COc1ccc(/C=C2\Oc3c(ccc4c3[C@H](c3cccc(OC)c3OCCc3ccc(OC)cc3)CC(=O)O4)C2=O)cc1. The average Bonchev–Trinajstić information content (AvgIpc) is 3.35. The van der Waals surface area contributed by atoms with E-state index >= 15 is 0 Å². The molecule has 0 radical (unpaired) electrons. The summed E-state index contributed by atoms with van der Waals surface area (Å²) >= 11 is 0. The highest BCUT2D eigenvalue weighted by molar-refractivity contribution is 6.15. The minimum atomic E-state index is -0.495. The monoisotopic (exact) mass is 578 g/mol. The summed E-state index contributed by atoms with van der Waals surface area (Å²) in [5, 5.41) is 0. The molecule has 4 aromatic carbocycles. The number of fused-ring (bicyclic) bond motifs is 3. The number of methoxy groups -OCH3 is 3. The van der Waals surface area contributed by atoms with E-state index in [0.29, 0.717) is 52.9 Å². The van der Waals surface area contributed by atoms with Gasteiger partial charge in [0.2, 0.25) is 5.78 Å². The Morgan fingerprint density at radius 1 is 0.814 bits per heavy atom. The summed E-state index contributed by atoms with van der Waals surface area (Å²) in [5.74, 6) is 2.36. The summed E-state index contributed by atoms with van der Waals surface area (Å²) in [5.41, 5.74) is 3.64. The highest BCUT2D eigenvalue weighted by Gasteiger charge is 2.39. The number of Topliss-reactive ketones (excluding diaryl/α,β-unsaturated/α-hetero) is 1. The van der Waals surface area contributed by atoms with E-state index in [1.807, 2.05) is 66.7 Å². The molecule has 4 aromatic rings. The van der Waals surface area contributed by atoms with Gasteiger partial charge < -0.3 is 28.4 Å². The molecule has 0 spiro atoms. The van der Waals surface area contributed by atoms with Crippen LogP contribution >= 0.6 is 0 Å². The van der Waals surface area contributed by atoms with Crippen LogP contribution in [0.15, 0.2) is 84.6 Å². The number of ketones is 1. The van der Waals surface area contributed by atoms with E-state index in [9.17, 15) is 9.59 Å². The molecule has 0 saturated heterocycles. The largest absolute Gasteiger partial charge is 0.497 e. The Bertz CT molecular complexity index is 1700. The lowest BCUT2D eigenvalue weighted by atomic mass is 9.84. The zero-order chi connectivity index (χ0) is 29.9. The van der Waals surface area contributed by atoms with Crippen molar-refractivity contribution in [3.63, 3.8) is 0 Å². The minimum Gasteiger partial charge on any atom is -0.497 e. The topological polar surface area (TPSA) is 89.5 Å². The number of ether oxygens (including phenoxy) is 6. The predicted molar refractivity (Wildman–Crippen MR) is 160 cm³/mol. The Labute approximate surface area is 249 Å². The number of carbonyl (C=O) groups is 2. The van der Waals surface area contributed by atoms with Gasteiger partial charge in [-0.05, 0) is 59.7 Å². The molecule has 0 aromatic heterocycles. The van der Waals surface area contributed by atoms with Gasteiger partial charge in [-0.1, -0.05) is 36.4 Å². The highest BCUT2D eigenvalue weighted by Crippen LogP contribution is 2.51. The van der Waals surface area contributed by atoms with Gasteiger partial charge in [-0.3, -0.25) is 9.59 Å². The van der Waals surface area contributed by atoms with Crippen LogP contribution in [0.2, 0.25) is 0 Å². The molecule has 218 valence electrons. The van der Waals surface area contributed by atoms with Crippen molar-refractivity contribution < 1.29 is 38.0 Å². The van der Waals surface area contributed by atoms with Crippen LogP contribution < -0.4 is 28.4 Å². The molecule has 0 saturated carbocycles. The summed E-state index contributed by atoms with van der Waals surface area (Å²) in [7, 11) is 4.81. The molecule has 0 unspecified atom stereocenters. The van der Waals surface area contributed by atoms with Crippen molar-refractivity contribution in [1.82, 2.24) is 0 Å². The van der Waals surface area contributed by atoms with Crippen molar-refractivity contribution in [2.45, 2.75) is 18.8 Å². The number of hydrogen-bond donors (Lipinski definition) is 0. The second-order valence-electron chi connectivity index (χ2n) is 10.1. The normalized spacial score (nSPS) is 16.2. The highest BCUT2D eigenvalue weighted by atomic mass is 16.5. The van der Waals surface area contributed by atoms with Crippen LogP contribution in [0.4, 0.5) is 0 Å². The Hall–Kier alpha value is -5.24. The maximum atomic E-state index is 13.4. The molecule has 0 aliphatic carbocycles. The van der Waals surface area contributed by atoms with Crippen molar-refractivity contribution in [2.75, 3.05) is 27.9 Å². The van der Waals surface area contributed by atoms with Crippen molar-refractivity contribution in [3.8, 4) is 34.5 Å². The number of benzene rings is 4. The maximum Gasteiger partial charge on any atom is 0.312 e. The Kier molecular flexibility index (Phi) is 7.75. The number of hydrogen-bond acceptors (Lipinski definition) is 8. The van der Waals surface area contributed by atoms with Crippen LogP contribution in [-0.4, -0.2) is 39.7 Å². The summed E-state index contributed by atoms with van der Waals surface area (Å²) in [4.78, 5) is 26.2. The minimum absolute atomic E-state index is 0.0422. The van der Waals surface area contributed by atoms with Gasteiger partial charge in [-0.2, -0.15) is 0 Å². The average molecular weight is 579 g/mol. The van der Waals surface area contributed by atoms with Gasteiger partial charge in [0.25, 0.3) is 0 Å². The van der Waals surface area contributed by atoms with Crippen molar-refractivity contribution in [1.29, 1.82) is 0 Å². The first-order valence-electron chi connectivity index (χ1n) is 13.9. The quantitative estimate of drug-likeness (QED) is 0.128. The molecule has 8 heteroatoms. The standard InChI is InChI=1S/C35H30O8/c1-38-23-11-7-21(8-12-23)17-18-41-34-25(5-4-6-29(34)40-3)27-20-31(36)42-28-16-15-26-33(37)30(43-35(26)32(27)28)19-22-9-13-24(39-2)14-10-22/h4-16,19,27H,17-18,20H2,1-3H3/b30-19-/t27-/m0/s1. The molecule has 1 atom stereocenters. The van der Waals surface area contributed by atoms with E-state index < -0.39 is 5.92 Å². The lowest BCUT2D eigenvalue weighted by molar-refractivity contribution is -0.135. The van der Waals surface area contributed by atoms with Crippen molar-refractivity contribution in [2.24, 2.45) is 0 Å². The molecule has 8 nitrogen and oxygen atoms in total. The van der Waals surface area contributed by atoms with E-state index in [1.165, 1.54) is 0 Å². The van der Waals surface area contributed by atoms with Crippen LogP contribution in [-0.2, 0) is 11.2 Å². The molecule has 0 bridgehead atoms. The van der Waals surface area contributed by atoms with E-state index in [2.05, 4.69) is 0 Å². The Balaban J connectivity index is 1.34. The number of allylic oxidation sites excluding steroid dienone is 1. The first-order chi connectivity index (χ1) is 21.0. The Morgan fingerprint density at radius 3 is 2.23 bits per heavy atom. The van der Waals surface area contributed by atoms with E-state index in [0.717, 1.165) is 22.4 Å². The molecule has 6 rings (SSSR count). The number of carbonyl (C=O) groups excluding carboxylic acids is 2. The molecular formula is C35H30O8. The summed E-state index contributed by atoms with van der Waals surface area (Å²) in [6.07, 6.45) is 2.38. The number of para-hydroxylation sites is 1. The molecule has 0 amide bonds. The van der Waals surface area contributed by atoms with Crippen LogP contribution in [0.25, 0.3) is 6.08 Å².